The van der Waals surface area contributed by atoms with Crippen LogP contribution < -0.4 is 27.6 Å². The largest absolute Gasteiger partial charge is 0.506 e. The number of alkyl halides is 1. The monoisotopic (exact) mass is 758 g/mol. The molecule has 21 heteroatoms. The van der Waals surface area contributed by atoms with Gasteiger partial charge in [0, 0.05) is 26.2 Å². The number of aryl methyl sites for hydroxylation is 2. The highest BCUT2D eigenvalue weighted by molar-refractivity contribution is 9.10. The summed E-state index contributed by atoms with van der Waals surface area (Å²) in [6.45, 7) is 10.5. The van der Waals surface area contributed by atoms with E-state index in [1.165, 1.54) is 34.0 Å². The molecule has 4 aromatic rings. The van der Waals surface area contributed by atoms with E-state index in [0.29, 0.717) is 6.61 Å². The number of esters is 2. The number of ether oxygens (including phenoxy) is 3. The van der Waals surface area contributed by atoms with Crippen LogP contribution in [0.25, 0.3) is 11.4 Å². The molecule has 5 N–H and O–H groups in total. The van der Waals surface area contributed by atoms with Crippen molar-refractivity contribution >= 4 is 39.2 Å². The molecular weight excluding hydrogens is 722 g/mol. The molecule has 0 radical (unpaired) electrons. The van der Waals surface area contributed by atoms with Crippen LogP contribution in [-0.4, -0.2) is 79.8 Å². The Kier molecular flexibility index (Phi) is 13.1. The molecule has 0 saturated carbocycles. The van der Waals surface area contributed by atoms with E-state index in [2.05, 4.69) is 36.8 Å². The van der Waals surface area contributed by atoms with Gasteiger partial charge in [-0.25, -0.2) is 23.2 Å². The van der Waals surface area contributed by atoms with E-state index in [1.807, 2.05) is 0 Å². The number of hydrogen-bond acceptors (Lipinski definition) is 14. The molecule has 0 amide bonds. The number of nitrogens with zero attached hydrogens (tertiary/aromatic N) is 8. The number of tetrazole rings is 2. The van der Waals surface area contributed by atoms with Crippen LogP contribution in [0.3, 0.4) is 0 Å². The van der Waals surface area contributed by atoms with Gasteiger partial charge < -0.3 is 30.8 Å². The fraction of sp³-hybridized carbons (Fsp3) is 0.429. The predicted octanol–water partition coefficient (Wildman–Crippen LogP) is 1.52. The number of carbonyl (C=O) groups is 2. The van der Waals surface area contributed by atoms with Gasteiger partial charge in [0.2, 0.25) is 0 Å². The average molecular weight is 760 g/mol. The summed E-state index contributed by atoms with van der Waals surface area (Å²) in [7, 11) is 2.80. The molecular formula is C28H37BrF2N10O8. The van der Waals surface area contributed by atoms with Crippen LogP contribution in [0.1, 0.15) is 41.5 Å². The summed E-state index contributed by atoms with van der Waals surface area (Å²) in [6.07, 6.45) is 0. The van der Waals surface area contributed by atoms with Crippen molar-refractivity contribution in [3.8, 4) is 22.9 Å². The lowest BCUT2D eigenvalue weighted by molar-refractivity contribution is -0.158. The molecule has 0 aliphatic carbocycles. The maximum absolute atomic E-state index is 13.9. The lowest BCUT2D eigenvalue weighted by Gasteiger charge is -2.25. The number of nitrogen functional groups attached to an aromatic ring is 2. The number of phenolic OH excluding ortho intramolecular Hbond substituents is 1. The third-order valence-electron chi connectivity index (χ3n) is 5.96. The second kappa shape index (κ2) is 16.2. The Labute approximate surface area is 286 Å². The normalized spacial score (nSPS) is 11.1. The first kappa shape index (κ1) is 39.8. The highest BCUT2D eigenvalue weighted by atomic mass is 79.9. The zero-order valence-electron chi connectivity index (χ0n) is 27.9. The van der Waals surface area contributed by atoms with E-state index in [4.69, 9.17) is 25.7 Å². The Bertz CT molecular complexity index is 1910. The molecule has 18 nitrogen and oxygen atoms in total. The van der Waals surface area contributed by atoms with Crippen LogP contribution in [-0.2, 0) is 33.2 Å². The maximum Gasteiger partial charge on any atom is 0.368 e. The van der Waals surface area contributed by atoms with Crippen molar-refractivity contribution in [2.45, 2.75) is 51.5 Å². The molecule has 0 saturated heterocycles. The molecule has 0 spiro atoms. The Morgan fingerprint density at radius 2 is 1.22 bits per heavy atom. The molecule has 0 aliphatic heterocycles. The first-order valence-electron chi connectivity index (χ1n) is 14.2. The van der Waals surface area contributed by atoms with Gasteiger partial charge in [0.1, 0.15) is 38.8 Å². The number of anilines is 2. The second-order valence-corrected chi connectivity index (χ2v) is 12.8. The molecule has 0 atom stereocenters. The molecule has 0 bridgehead atoms. The quantitative estimate of drug-likeness (QED) is 0.1000. The number of aromatic nitrogens is 8. The summed E-state index contributed by atoms with van der Waals surface area (Å²) in [5, 5.41) is 23.7. The number of halogens is 3. The van der Waals surface area contributed by atoms with Crippen LogP contribution in [0, 0.1) is 11.6 Å². The van der Waals surface area contributed by atoms with E-state index in [-0.39, 0.29) is 41.1 Å². The van der Waals surface area contributed by atoms with Gasteiger partial charge >= 0.3 is 23.3 Å². The van der Waals surface area contributed by atoms with Gasteiger partial charge in [0.15, 0.2) is 5.60 Å². The number of aromatic hydroxyl groups is 1. The number of phenols is 1. The SMILES string of the molecule is CCOC(=O)C(C)(C)Br.CCOC(=O)C(C)(C)Oc1cc(F)c(N)cc1-n1nnn(C)c1=O.Cn1nnn(-c2cc(N)c(F)cc2O)c1=O. The smallest absolute Gasteiger partial charge is 0.368 e. The van der Waals surface area contributed by atoms with Crippen molar-refractivity contribution in [3.05, 3.63) is 56.9 Å². The number of nitrogens with two attached hydrogens (primary N) is 2. The standard InChI is InChI=1S/C14H18FN5O4.C8H8FN5O2.C6H11BrO2/c1-5-23-12(21)14(2,3)24-11-6-8(15)9(16)7-10(11)20-13(22)19(4)17-18-20;1-13-8(16)14(12-11-13)6-3-5(10)4(9)2-7(6)15;1-4-9-5(8)6(2,3)7/h6-7H,5,16H2,1-4H3;2-3,15H,10H2,1H3;4H2,1-3H3. The van der Waals surface area contributed by atoms with Crippen LogP contribution in [0.2, 0.25) is 0 Å². The van der Waals surface area contributed by atoms with Crippen molar-refractivity contribution in [1.29, 1.82) is 0 Å². The summed E-state index contributed by atoms with van der Waals surface area (Å²) in [5.74, 6) is -2.91. The Morgan fingerprint density at radius 1 is 0.796 bits per heavy atom. The third-order valence-corrected chi connectivity index (χ3v) is 6.29. The average Bonchev–Trinajstić information content (AvgIpc) is 3.52. The molecule has 0 unspecified atom stereocenters. The highest BCUT2D eigenvalue weighted by Gasteiger charge is 2.33. The molecule has 2 aromatic carbocycles. The fourth-order valence-electron chi connectivity index (χ4n) is 3.40. The molecule has 0 fully saturated rings. The van der Waals surface area contributed by atoms with Gasteiger partial charge in [-0.2, -0.15) is 18.7 Å². The summed E-state index contributed by atoms with van der Waals surface area (Å²) in [4.78, 5) is 46.3. The fourth-order valence-corrected chi connectivity index (χ4v) is 3.51. The minimum atomic E-state index is -1.42. The Balaban J connectivity index is 0.000000286. The lowest BCUT2D eigenvalue weighted by Crippen LogP contribution is -2.40. The zero-order valence-corrected chi connectivity index (χ0v) is 29.5. The van der Waals surface area contributed by atoms with Crippen LogP contribution in [0.5, 0.6) is 11.5 Å². The molecule has 4 rings (SSSR count). The molecule has 0 aliphatic rings. The van der Waals surface area contributed by atoms with Crippen LogP contribution >= 0.6 is 15.9 Å². The van der Waals surface area contributed by atoms with E-state index < -0.39 is 44.7 Å². The molecule has 2 heterocycles. The first-order chi connectivity index (χ1) is 22.7. The van der Waals surface area contributed by atoms with Crippen LogP contribution in [0.4, 0.5) is 20.2 Å². The first-order valence-corrected chi connectivity index (χ1v) is 15.0. The molecule has 268 valence electrons. The molecule has 2 aromatic heterocycles. The third kappa shape index (κ3) is 10.1. The summed E-state index contributed by atoms with van der Waals surface area (Å²) in [5.41, 5.74) is 7.97. The van der Waals surface area contributed by atoms with Crippen LogP contribution in [0.15, 0.2) is 33.9 Å². The highest BCUT2D eigenvalue weighted by Crippen LogP contribution is 2.30. The number of benzene rings is 2. The number of carbonyl (C=O) groups excluding carboxylic acids is 2. The Morgan fingerprint density at radius 3 is 1.63 bits per heavy atom. The zero-order chi connectivity index (χ0) is 37.4. The predicted molar refractivity (Wildman–Crippen MR) is 175 cm³/mol. The van der Waals surface area contributed by atoms with Crippen molar-refractivity contribution in [2.75, 3.05) is 24.7 Å². The van der Waals surface area contributed by atoms with Gasteiger partial charge in [-0.05, 0) is 74.5 Å². The summed E-state index contributed by atoms with van der Waals surface area (Å²) in [6, 6.07) is 4.08. The van der Waals surface area contributed by atoms with Crippen molar-refractivity contribution in [2.24, 2.45) is 14.1 Å². The summed E-state index contributed by atoms with van der Waals surface area (Å²) < 4.78 is 45.2. The van der Waals surface area contributed by atoms with E-state index in [9.17, 15) is 33.1 Å². The molecule has 49 heavy (non-hydrogen) atoms. The van der Waals surface area contributed by atoms with Gasteiger partial charge in [0.05, 0.1) is 24.6 Å². The summed E-state index contributed by atoms with van der Waals surface area (Å²) >= 11 is 3.17. The minimum Gasteiger partial charge on any atom is -0.506 e. The maximum atomic E-state index is 13.9. The van der Waals surface area contributed by atoms with Gasteiger partial charge in [0.25, 0.3) is 0 Å². The van der Waals surface area contributed by atoms with E-state index >= 15 is 0 Å². The van der Waals surface area contributed by atoms with E-state index in [0.717, 1.165) is 36.9 Å². The topological polar surface area (TPSA) is 240 Å². The van der Waals surface area contributed by atoms with E-state index in [1.54, 1.807) is 27.7 Å². The minimum absolute atomic E-state index is 0.0167. The number of rotatable bonds is 8. The second-order valence-electron chi connectivity index (χ2n) is 10.8. The Hall–Kier alpha value is -5.34. The van der Waals surface area contributed by atoms with Crippen molar-refractivity contribution in [1.82, 2.24) is 39.6 Å². The van der Waals surface area contributed by atoms with Gasteiger partial charge in [-0.15, -0.1) is 0 Å². The van der Waals surface area contributed by atoms with Crippen molar-refractivity contribution < 1.29 is 37.7 Å². The van der Waals surface area contributed by atoms with Crippen molar-refractivity contribution in [3.63, 3.8) is 0 Å². The van der Waals surface area contributed by atoms with Gasteiger partial charge in [-0.3, -0.25) is 4.79 Å². The van der Waals surface area contributed by atoms with Gasteiger partial charge in [-0.1, -0.05) is 15.9 Å². The lowest BCUT2D eigenvalue weighted by atomic mass is 10.1. The number of hydrogen-bond donors (Lipinski definition) is 3.